The first-order valence-corrected chi connectivity index (χ1v) is 11.2. The molecule has 7 nitrogen and oxygen atoms in total. The van der Waals surface area contributed by atoms with Crippen LogP contribution >= 0.6 is 0 Å². The minimum atomic E-state index is -0.295. The van der Waals surface area contributed by atoms with Crippen molar-refractivity contribution < 1.29 is 14.0 Å². The van der Waals surface area contributed by atoms with Crippen molar-refractivity contribution in [1.29, 1.82) is 0 Å². The lowest BCUT2D eigenvalue weighted by molar-refractivity contribution is -0.131. The van der Waals surface area contributed by atoms with E-state index >= 15 is 0 Å². The number of hydrazone groups is 1. The monoisotopic (exact) mass is 444 g/mol. The van der Waals surface area contributed by atoms with Crippen molar-refractivity contribution in [3.8, 4) is 0 Å². The molecule has 2 amide bonds. The summed E-state index contributed by atoms with van der Waals surface area (Å²) < 4.78 is 5.61. The Balaban J connectivity index is 1.48. The van der Waals surface area contributed by atoms with Crippen LogP contribution in [0.5, 0.6) is 0 Å². The zero-order valence-corrected chi connectivity index (χ0v) is 18.9. The molecule has 0 saturated carbocycles. The average molecular weight is 445 g/mol. The molecule has 0 saturated heterocycles. The van der Waals surface area contributed by atoms with Gasteiger partial charge >= 0.3 is 0 Å². The first-order chi connectivity index (χ1) is 16.0. The first-order valence-electron chi connectivity index (χ1n) is 11.2. The predicted octanol–water partition coefficient (Wildman–Crippen LogP) is 4.52. The lowest BCUT2D eigenvalue weighted by Crippen LogP contribution is -2.32. The molecular formula is C26H28N4O3. The van der Waals surface area contributed by atoms with Crippen LogP contribution in [0.15, 0.2) is 76.4 Å². The van der Waals surface area contributed by atoms with E-state index in [0.717, 1.165) is 17.7 Å². The summed E-state index contributed by atoms with van der Waals surface area (Å²) >= 11 is 0. The molecule has 0 fully saturated rings. The van der Waals surface area contributed by atoms with Gasteiger partial charge in [0.1, 0.15) is 11.8 Å². The van der Waals surface area contributed by atoms with Gasteiger partial charge in [-0.3, -0.25) is 9.59 Å². The van der Waals surface area contributed by atoms with Crippen molar-refractivity contribution in [3.63, 3.8) is 0 Å². The summed E-state index contributed by atoms with van der Waals surface area (Å²) in [5.41, 5.74) is 4.26. The number of nitrogens with zero attached hydrogens (tertiary/aromatic N) is 2. The molecule has 7 heteroatoms. The number of rotatable bonds is 8. The number of nitrogens with one attached hydrogen (secondary N) is 2. The molecule has 170 valence electrons. The summed E-state index contributed by atoms with van der Waals surface area (Å²) in [6, 6.07) is 18.6. The molecule has 1 aliphatic rings. The molecule has 4 rings (SSSR count). The molecule has 2 aromatic carbocycles. The van der Waals surface area contributed by atoms with Crippen molar-refractivity contribution in [2.75, 3.05) is 18.4 Å². The van der Waals surface area contributed by atoms with E-state index in [-0.39, 0.29) is 24.4 Å². The number of furan rings is 1. The molecule has 2 N–H and O–H groups in total. The molecule has 33 heavy (non-hydrogen) atoms. The van der Waals surface area contributed by atoms with Crippen molar-refractivity contribution in [2.24, 2.45) is 5.10 Å². The van der Waals surface area contributed by atoms with Crippen LogP contribution in [0.4, 0.5) is 5.69 Å². The van der Waals surface area contributed by atoms with Gasteiger partial charge in [-0.05, 0) is 49.2 Å². The Morgan fingerprint density at radius 1 is 1.12 bits per heavy atom. The zero-order chi connectivity index (χ0) is 23.2. The Morgan fingerprint density at radius 3 is 2.67 bits per heavy atom. The van der Waals surface area contributed by atoms with Gasteiger partial charge in [0.05, 0.1) is 18.5 Å². The third-order valence-electron chi connectivity index (χ3n) is 5.53. The van der Waals surface area contributed by atoms with Crippen molar-refractivity contribution in [1.82, 2.24) is 10.3 Å². The van der Waals surface area contributed by atoms with Crippen LogP contribution in [-0.2, 0) is 4.79 Å². The second-order valence-corrected chi connectivity index (χ2v) is 8.08. The lowest BCUT2D eigenvalue weighted by atomic mass is 10.0. The third kappa shape index (κ3) is 5.31. The van der Waals surface area contributed by atoms with Crippen LogP contribution in [0.3, 0.4) is 0 Å². The molecule has 2 heterocycles. The van der Waals surface area contributed by atoms with Gasteiger partial charge in [-0.15, -0.1) is 0 Å². The quantitative estimate of drug-likeness (QED) is 0.535. The van der Waals surface area contributed by atoms with Crippen LogP contribution in [0, 0.1) is 6.92 Å². The Hall–Kier alpha value is -3.87. The molecule has 0 aliphatic carbocycles. The van der Waals surface area contributed by atoms with Gasteiger partial charge in [0.15, 0.2) is 0 Å². The summed E-state index contributed by atoms with van der Waals surface area (Å²) in [4.78, 5) is 25.4. The molecule has 1 unspecified atom stereocenters. The maximum Gasteiger partial charge on any atom is 0.262 e. The van der Waals surface area contributed by atoms with Gasteiger partial charge in [-0.25, -0.2) is 5.01 Å². The van der Waals surface area contributed by atoms with Crippen LogP contribution in [0.25, 0.3) is 0 Å². The highest BCUT2D eigenvalue weighted by atomic mass is 16.3. The summed E-state index contributed by atoms with van der Waals surface area (Å²) in [7, 11) is 0. The number of anilines is 1. The van der Waals surface area contributed by atoms with Crippen LogP contribution in [-0.4, -0.2) is 35.6 Å². The number of aryl methyl sites for hydroxylation is 1. The van der Waals surface area contributed by atoms with E-state index in [1.807, 2.05) is 56.3 Å². The molecule has 1 atom stereocenters. The van der Waals surface area contributed by atoms with E-state index in [0.29, 0.717) is 30.0 Å². The van der Waals surface area contributed by atoms with Gasteiger partial charge in [0.2, 0.25) is 0 Å². The third-order valence-corrected chi connectivity index (χ3v) is 5.53. The normalized spacial score (nSPS) is 15.3. The van der Waals surface area contributed by atoms with Gasteiger partial charge in [0.25, 0.3) is 11.8 Å². The Morgan fingerprint density at radius 2 is 1.94 bits per heavy atom. The van der Waals surface area contributed by atoms with E-state index in [4.69, 9.17) is 4.42 Å². The van der Waals surface area contributed by atoms with Crippen molar-refractivity contribution in [3.05, 3.63) is 89.4 Å². The topological polar surface area (TPSA) is 86.9 Å². The zero-order valence-electron chi connectivity index (χ0n) is 18.9. The SMILES string of the molecule is CCCNC(=O)c1cccc(NCC(=O)N2N=C(c3ccc(C)cc3)CC2c2ccco2)c1. The van der Waals surface area contributed by atoms with Gasteiger partial charge < -0.3 is 15.1 Å². The molecule has 0 radical (unpaired) electrons. The van der Waals surface area contributed by atoms with E-state index in [2.05, 4.69) is 15.7 Å². The standard InChI is InChI=1S/C26H28N4O3/c1-3-13-27-26(32)20-6-4-7-21(15-20)28-17-25(31)30-23(24-8-5-14-33-24)16-22(29-30)19-11-9-18(2)10-12-19/h4-12,14-15,23,28H,3,13,16-17H2,1-2H3,(H,27,32). The summed E-state index contributed by atoms with van der Waals surface area (Å²) in [6.45, 7) is 4.71. The highest BCUT2D eigenvalue weighted by Gasteiger charge is 2.34. The molecule has 0 bridgehead atoms. The number of hydrogen-bond donors (Lipinski definition) is 2. The molecule has 1 aliphatic heterocycles. The summed E-state index contributed by atoms with van der Waals surface area (Å²) in [5.74, 6) is 0.389. The van der Waals surface area contributed by atoms with E-state index in [1.54, 1.807) is 24.5 Å². The highest BCUT2D eigenvalue weighted by molar-refractivity contribution is 6.03. The fourth-order valence-corrected chi connectivity index (χ4v) is 3.73. The highest BCUT2D eigenvalue weighted by Crippen LogP contribution is 2.33. The average Bonchev–Trinajstić information content (AvgIpc) is 3.52. The minimum absolute atomic E-state index is 0.0436. The second kappa shape index (κ2) is 10.2. The van der Waals surface area contributed by atoms with E-state index in [1.165, 1.54) is 10.6 Å². The van der Waals surface area contributed by atoms with Crippen molar-refractivity contribution >= 4 is 23.2 Å². The van der Waals surface area contributed by atoms with Crippen molar-refractivity contribution in [2.45, 2.75) is 32.7 Å². The first kappa shape index (κ1) is 22.3. The Bertz CT molecular complexity index is 1140. The lowest BCUT2D eigenvalue weighted by Gasteiger charge is -2.20. The molecule has 0 spiro atoms. The van der Waals surface area contributed by atoms with E-state index in [9.17, 15) is 9.59 Å². The summed E-state index contributed by atoms with van der Waals surface area (Å²) in [6.07, 6.45) is 3.06. The fraction of sp³-hybridized carbons (Fsp3) is 0.269. The number of carbonyl (C=O) groups is 2. The number of amides is 2. The maximum absolute atomic E-state index is 13.2. The van der Waals surface area contributed by atoms with E-state index < -0.39 is 0 Å². The van der Waals surface area contributed by atoms with Gasteiger partial charge in [-0.2, -0.15) is 5.10 Å². The molecular weight excluding hydrogens is 416 g/mol. The number of carbonyl (C=O) groups excluding carboxylic acids is 2. The Labute approximate surface area is 193 Å². The largest absolute Gasteiger partial charge is 0.467 e. The van der Waals surface area contributed by atoms with Gasteiger partial charge in [-0.1, -0.05) is 42.8 Å². The minimum Gasteiger partial charge on any atom is -0.467 e. The van der Waals surface area contributed by atoms with Gasteiger partial charge in [0, 0.05) is 24.2 Å². The smallest absolute Gasteiger partial charge is 0.262 e. The second-order valence-electron chi connectivity index (χ2n) is 8.08. The number of benzene rings is 2. The summed E-state index contributed by atoms with van der Waals surface area (Å²) in [5, 5.41) is 12.1. The number of hydrogen-bond acceptors (Lipinski definition) is 5. The molecule has 3 aromatic rings. The Kier molecular flexibility index (Phi) is 6.88. The van der Waals surface area contributed by atoms with Crippen LogP contribution in [0.2, 0.25) is 0 Å². The fourth-order valence-electron chi connectivity index (χ4n) is 3.73. The van der Waals surface area contributed by atoms with Crippen LogP contribution in [0.1, 0.15) is 53.1 Å². The molecule has 1 aromatic heterocycles. The maximum atomic E-state index is 13.2. The van der Waals surface area contributed by atoms with Crippen LogP contribution < -0.4 is 10.6 Å². The predicted molar refractivity (Wildman–Crippen MR) is 128 cm³/mol.